The highest BCUT2D eigenvalue weighted by Gasteiger charge is 2.29. The van der Waals surface area contributed by atoms with E-state index in [9.17, 15) is 18.0 Å². The topological polar surface area (TPSA) is 96.0 Å². The monoisotopic (exact) mass is 549 g/mol. The Bertz CT molecular complexity index is 1340. The number of sulfonamides is 1. The van der Waals surface area contributed by atoms with Gasteiger partial charge in [0.05, 0.1) is 22.8 Å². The first kappa shape index (κ1) is 27.7. The fourth-order valence-corrected chi connectivity index (χ4v) is 6.43. The number of esters is 1. The number of nitrogens with zero attached hydrogens (tertiary/aromatic N) is 2. The van der Waals surface area contributed by atoms with Crippen LogP contribution < -0.4 is 9.62 Å². The molecule has 8 nitrogen and oxygen atoms in total. The zero-order chi connectivity index (χ0) is 25.2. The fraction of sp³-hybridized carbons (Fsp3) is 0.280. The number of anilines is 2. The van der Waals surface area contributed by atoms with Crippen molar-refractivity contribution in [3.63, 3.8) is 0 Å². The molecule has 192 valence electrons. The summed E-state index contributed by atoms with van der Waals surface area (Å²) in [5.74, 6) is -0.877. The number of carbonyl (C=O) groups excluding carboxylic acids is 2. The van der Waals surface area contributed by atoms with Crippen molar-refractivity contribution in [3.05, 3.63) is 76.2 Å². The van der Waals surface area contributed by atoms with Crippen LogP contribution in [0.25, 0.3) is 0 Å². The average molecular weight is 550 g/mol. The van der Waals surface area contributed by atoms with Crippen molar-refractivity contribution in [3.8, 4) is 0 Å². The third-order valence-corrected chi connectivity index (χ3v) is 8.78. The predicted molar refractivity (Wildman–Crippen MR) is 144 cm³/mol. The third kappa shape index (κ3) is 5.57. The number of carbonyl (C=O) groups is 2. The van der Waals surface area contributed by atoms with E-state index in [4.69, 9.17) is 4.74 Å². The number of rotatable bonds is 7. The van der Waals surface area contributed by atoms with E-state index in [1.165, 1.54) is 47.0 Å². The fourth-order valence-electron chi connectivity index (χ4n) is 3.93. The Kier molecular flexibility index (Phi) is 8.78. The Labute approximate surface area is 221 Å². The molecule has 1 amide bonds. The van der Waals surface area contributed by atoms with Gasteiger partial charge in [0.25, 0.3) is 15.9 Å². The number of fused-ring (bicyclic) bond motifs is 1. The summed E-state index contributed by atoms with van der Waals surface area (Å²) >= 11 is 1.37. The summed E-state index contributed by atoms with van der Waals surface area (Å²) in [7, 11) is -0.293. The van der Waals surface area contributed by atoms with E-state index in [2.05, 4.69) is 10.2 Å². The maximum Gasteiger partial charge on any atom is 0.341 e. The zero-order valence-electron chi connectivity index (χ0n) is 20.2. The van der Waals surface area contributed by atoms with Crippen LogP contribution in [-0.4, -0.2) is 52.4 Å². The molecule has 1 aliphatic rings. The van der Waals surface area contributed by atoms with Gasteiger partial charge in [-0.2, -0.15) is 0 Å². The lowest BCUT2D eigenvalue weighted by atomic mass is 10.0. The number of benzene rings is 2. The van der Waals surface area contributed by atoms with Crippen LogP contribution in [0.2, 0.25) is 0 Å². The molecule has 0 spiro atoms. The van der Waals surface area contributed by atoms with Crippen LogP contribution in [-0.2, 0) is 27.7 Å². The lowest BCUT2D eigenvalue weighted by Gasteiger charge is -2.22. The van der Waals surface area contributed by atoms with Crippen molar-refractivity contribution in [1.82, 2.24) is 4.90 Å². The lowest BCUT2D eigenvalue weighted by Crippen LogP contribution is -2.26. The summed E-state index contributed by atoms with van der Waals surface area (Å²) in [6.07, 6.45) is 0.702. The maximum absolute atomic E-state index is 13.0. The van der Waals surface area contributed by atoms with Crippen molar-refractivity contribution in [2.45, 2.75) is 24.8 Å². The number of ether oxygens (including phenoxy) is 1. The van der Waals surface area contributed by atoms with Crippen molar-refractivity contribution >= 4 is 56.3 Å². The van der Waals surface area contributed by atoms with Gasteiger partial charge in [0.15, 0.2) is 0 Å². The van der Waals surface area contributed by atoms with Gasteiger partial charge in [0.1, 0.15) is 5.00 Å². The number of para-hydroxylation sites is 1. The zero-order valence-corrected chi connectivity index (χ0v) is 22.6. The largest absolute Gasteiger partial charge is 0.462 e. The summed E-state index contributed by atoms with van der Waals surface area (Å²) in [5.41, 5.74) is 2.15. The Balaban J connectivity index is 0.00000361. The molecule has 2 heterocycles. The number of nitrogens with one attached hydrogen (secondary N) is 1. The normalized spacial score (nSPS) is 13.3. The van der Waals surface area contributed by atoms with Crippen molar-refractivity contribution in [2.24, 2.45) is 0 Å². The molecule has 1 aliphatic heterocycles. The van der Waals surface area contributed by atoms with Crippen LogP contribution in [0.15, 0.2) is 59.5 Å². The average Bonchev–Trinajstić information content (AvgIpc) is 3.21. The molecule has 4 rings (SSSR count). The highest BCUT2D eigenvalue weighted by Crippen LogP contribution is 2.37. The lowest BCUT2D eigenvalue weighted by molar-refractivity contribution is 0.0526. The van der Waals surface area contributed by atoms with Gasteiger partial charge in [-0.3, -0.25) is 9.10 Å². The van der Waals surface area contributed by atoms with Crippen LogP contribution in [0.5, 0.6) is 0 Å². The van der Waals surface area contributed by atoms with E-state index >= 15 is 0 Å². The van der Waals surface area contributed by atoms with Crippen LogP contribution in [0, 0.1) is 0 Å². The molecule has 0 atom stereocenters. The second-order valence-electron chi connectivity index (χ2n) is 8.20. The molecule has 1 N–H and O–H groups in total. The first-order valence-electron chi connectivity index (χ1n) is 11.2. The summed E-state index contributed by atoms with van der Waals surface area (Å²) in [5, 5.41) is 3.30. The number of amides is 1. The number of halogens is 1. The van der Waals surface area contributed by atoms with Gasteiger partial charge in [0, 0.05) is 30.6 Å². The van der Waals surface area contributed by atoms with E-state index < -0.39 is 21.9 Å². The van der Waals surface area contributed by atoms with Crippen molar-refractivity contribution in [2.75, 3.05) is 36.9 Å². The minimum atomic E-state index is -3.79. The number of likely N-dealkylation sites (N-methyl/N-ethyl adjacent to an activating group) is 1. The van der Waals surface area contributed by atoms with Gasteiger partial charge < -0.3 is 15.0 Å². The van der Waals surface area contributed by atoms with Gasteiger partial charge in [-0.25, -0.2) is 13.2 Å². The molecule has 0 bridgehead atoms. The predicted octanol–water partition coefficient (Wildman–Crippen LogP) is 4.41. The molecule has 0 unspecified atom stereocenters. The van der Waals surface area contributed by atoms with E-state index in [1.54, 1.807) is 31.2 Å². The second kappa shape index (κ2) is 11.4. The summed E-state index contributed by atoms with van der Waals surface area (Å²) in [4.78, 5) is 29.0. The first-order chi connectivity index (χ1) is 16.7. The summed E-state index contributed by atoms with van der Waals surface area (Å²) in [6.45, 7) is 3.50. The van der Waals surface area contributed by atoms with Crippen molar-refractivity contribution < 1.29 is 22.7 Å². The molecule has 0 fully saturated rings. The van der Waals surface area contributed by atoms with Crippen LogP contribution >= 0.6 is 23.7 Å². The van der Waals surface area contributed by atoms with E-state index in [0.717, 1.165) is 17.0 Å². The molecular formula is C25H28ClN3O5S2. The van der Waals surface area contributed by atoms with Gasteiger partial charge in [-0.15, -0.1) is 23.7 Å². The molecule has 3 aromatic rings. The Morgan fingerprint density at radius 2 is 1.78 bits per heavy atom. The molecule has 1 aromatic heterocycles. The molecule has 0 radical (unpaired) electrons. The standard InChI is InChI=1S/C25H27N3O5S2.ClH/c1-4-33-25(30)22-20-14-15-27(2)16-21(20)34-24(22)26-23(29)17-10-12-19(13-11-17)35(31,32)28(3)18-8-6-5-7-9-18;/h5-13H,4,14-16H2,1-3H3,(H,26,29);1H. The number of hydrogen-bond donors (Lipinski definition) is 1. The number of hydrogen-bond acceptors (Lipinski definition) is 7. The summed E-state index contributed by atoms with van der Waals surface area (Å²) < 4.78 is 32.4. The number of thiophene rings is 1. The minimum Gasteiger partial charge on any atom is -0.462 e. The maximum atomic E-state index is 13.0. The molecule has 0 saturated heterocycles. The van der Waals surface area contributed by atoms with Crippen LogP contribution in [0.4, 0.5) is 10.7 Å². The Hall–Kier alpha value is -2.92. The van der Waals surface area contributed by atoms with Gasteiger partial charge >= 0.3 is 5.97 Å². The Morgan fingerprint density at radius 1 is 1.11 bits per heavy atom. The van der Waals surface area contributed by atoms with E-state index in [0.29, 0.717) is 29.2 Å². The molecule has 11 heteroatoms. The van der Waals surface area contributed by atoms with E-state index in [1.807, 2.05) is 13.1 Å². The second-order valence-corrected chi connectivity index (χ2v) is 11.3. The smallest absolute Gasteiger partial charge is 0.341 e. The minimum absolute atomic E-state index is 0. The van der Waals surface area contributed by atoms with Crippen LogP contribution in [0.3, 0.4) is 0 Å². The highest BCUT2D eigenvalue weighted by atomic mass is 35.5. The highest BCUT2D eigenvalue weighted by molar-refractivity contribution is 7.92. The SMILES string of the molecule is CCOC(=O)c1c(NC(=O)c2ccc(S(=O)(=O)N(C)c3ccccc3)cc2)sc2c1CCN(C)C2.Cl. The Morgan fingerprint density at radius 3 is 2.42 bits per heavy atom. The van der Waals surface area contributed by atoms with Gasteiger partial charge in [-0.05, 0) is 62.4 Å². The van der Waals surface area contributed by atoms with Gasteiger partial charge in [0.2, 0.25) is 0 Å². The third-order valence-electron chi connectivity index (χ3n) is 5.85. The quantitative estimate of drug-likeness (QED) is 0.439. The van der Waals surface area contributed by atoms with E-state index in [-0.39, 0.29) is 29.5 Å². The molecular weight excluding hydrogens is 522 g/mol. The first-order valence-corrected chi connectivity index (χ1v) is 13.4. The van der Waals surface area contributed by atoms with Gasteiger partial charge in [-0.1, -0.05) is 18.2 Å². The summed E-state index contributed by atoms with van der Waals surface area (Å²) in [6, 6.07) is 14.5. The molecule has 2 aromatic carbocycles. The van der Waals surface area contributed by atoms with Crippen LogP contribution in [0.1, 0.15) is 38.1 Å². The van der Waals surface area contributed by atoms with Crippen molar-refractivity contribution in [1.29, 1.82) is 0 Å². The molecule has 0 saturated carbocycles. The molecule has 0 aliphatic carbocycles. The molecule has 36 heavy (non-hydrogen) atoms.